The first kappa shape index (κ1) is 17.1. The van der Waals surface area contributed by atoms with Crippen LogP contribution in [0.4, 0.5) is 0 Å². The van der Waals surface area contributed by atoms with Gasteiger partial charge < -0.3 is 20.1 Å². The van der Waals surface area contributed by atoms with E-state index in [0.717, 1.165) is 37.3 Å². The summed E-state index contributed by atoms with van der Waals surface area (Å²) >= 11 is 0. The largest absolute Gasteiger partial charge is 0.454 e. The van der Waals surface area contributed by atoms with Crippen LogP contribution >= 0.6 is 0 Å². The number of benzene rings is 1. The molecule has 2 aliphatic rings. The summed E-state index contributed by atoms with van der Waals surface area (Å²) in [6.45, 7) is 1.89. The maximum atomic E-state index is 12.1. The van der Waals surface area contributed by atoms with E-state index in [1.165, 1.54) is 24.8 Å². The zero-order valence-corrected chi connectivity index (χ0v) is 14.5. The molecular formula is C19H28N2O3. The van der Waals surface area contributed by atoms with Crippen LogP contribution in [0, 0.1) is 0 Å². The van der Waals surface area contributed by atoms with Crippen molar-refractivity contribution in [1.29, 1.82) is 0 Å². The van der Waals surface area contributed by atoms with Crippen molar-refractivity contribution in [3.05, 3.63) is 23.8 Å². The van der Waals surface area contributed by atoms with Gasteiger partial charge >= 0.3 is 0 Å². The summed E-state index contributed by atoms with van der Waals surface area (Å²) in [5.41, 5.74) is 1.29. The lowest BCUT2D eigenvalue weighted by Crippen LogP contribution is -2.42. The van der Waals surface area contributed by atoms with Crippen LogP contribution in [-0.4, -0.2) is 32.8 Å². The third-order valence-corrected chi connectivity index (χ3v) is 5.25. The van der Waals surface area contributed by atoms with E-state index >= 15 is 0 Å². The summed E-state index contributed by atoms with van der Waals surface area (Å²) in [6.07, 6.45) is 7.39. The molecule has 5 heteroatoms. The van der Waals surface area contributed by atoms with Crippen LogP contribution < -0.4 is 20.1 Å². The van der Waals surface area contributed by atoms with Crippen LogP contribution in [0.15, 0.2) is 18.2 Å². The molecule has 0 radical (unpaired) electrons. The van der Waals surface area contributed by atoms with E-state index in [1.807, 2.05) is 13.1 Å². The minimum atomic E-state index is 0.0257. The molecular weight excluding hydrogens is 304 g/mol. The fourth-order valence-electron chi connectivity index (χ4n) is 3.80. The van der Waals surface area contributed by atoms with Crippen LogP contribution in [-0.2, 0) is 10.2 Å². The molecule has 1 aliphatic heterocycles. The van der Waals surface area contributed by atoms with E-state index in [0.29, 0.717) is 19.8 Å². The van der Waals surface area contributed by atoms with Gasteiger partial charge in [0.2, 0.25) is 12.7 Å². The number of fused-ring (bicyclic) bond motifs is 1. The van der Waals surface area contributed by atoms with Gasteiger partial charge in [-0.1, -0.05) is 25.3 Å². The first-order valence-corrected chi connectivity index (χ1v) is 9.05. The van der Waals surface area contributed by atoms with Gasteiger partial charge in [-0.25, -0.2) is 0 Å². The van der Waals surface area contributed by atoms with Crippen molar-refractivity contribution in [3.63, 3.8) is 0 Å². The highest BCUT2D eigenvalue weighted by Crippen LogP contribution is 2.43. The highest BCUT2D eigenvalue weighted by Gasteiger charge is 2.35. The maximum Gasteiger partial charge on any atom is 0.231 e. The predicted octanol–water partition coefficient (Wildman–Crippen LogP) is 2.73. The van der Waals surface area contributed by atoms with Crippen molar-refractivity contribution in [1.82, 2.24) is 10.6 Å². The van der Waals surface area contributed by atoms with Crippen LogP contribution in [0.2, 0.25) is 0 Å². The van der Waals surface area contributed by atoms with Gasteiger partial charge in [-0.3, -0.25) is 4.79 Å². The summed E-state index contributed by atoms with van der Waals surface area (Å²) in [5, 5.41) is 6.26. The fourth-order valence-corrected chi connectivity index (χ4v) is 3.80. The SMILES string of the molecule is CNCCCC(=O)NCC1(c2ccc3c(c2)OCO3)CCCCC1. The number of carbonyl (C=O) groups excluding carboxylic acids is 1. The number of ether oxygens (including phenoxy) is 2. The van der Waals surface area contributed by atoms with Gasteiger partial charge in [-0.05, 0) is 50.6 Å². The zero-order valence-electron chi connectivity index (χ0n) is 14.5. The number of rotatable bonds is 7. The molecule has 132 valence electrons. The third kappa shape index (κ3) is 3.83. The Morgan fingerprint density at radius 1 is 1.17 bits per heavy atom. The summed E-state index contributed by atoms with van der Waals surface area (Å²) in [5.74, 6) is 1.80. The molecule has 1 aromatic carbocycles. The van der Waals surface area contributed by atoms with Crippen LogP contribution in [0.1, 0.15) is 50.5 Å². The Morgan fingerprint density at radius 3 is 2.75 bits per heavy atom. The summed E-state index contributed by atoms with van der Waals surface area (Å²) < 4.78 is 11.0. The standard InChI is InChI=1S/C19H28N2O3/c1-20-11-5-6-18(22)21-13-19(9-3-2-4-10-19)15-7-8-16-17(12-15)24-14-23-16/h7-8,12,20H,2-6,9-11,13-14H2,1H3,(H,21,22). The predicted molar refractivity (Wildman–Crippen MR) is 93.5 cm³/mol. The summed E-state index contributed by atoms with van der Waals surface area (Å²) in [4.78, 5) is 12.1. The van der Waals surface area contributed by atoms with Gasteiger partial charge in [-0.15, -0.1) is 0 Å². The van der Waals surface area contributed by atoms with Crippen molar-refractivity contribution in [2.75, 3.05) is 26.9 Å². The average Bonchev–Trinajstić information content (AvgIpc) is 3.09. The Labute approximate surface area is 144 Å². The molecule has 0 atom stereocenters. The monoisotopic (exact) mass is 332 g/mol. The van der Waals surface area contributed by atoms with Crippen LogP contribution in [0.3, 0.4) is 0 Å². The molecule has 24 heavy (non-hydrogen) atoms. The zero-order chi connectivity index (χ0) is 16.8. The molecule has 0 saturated heterocycles. The minimum Gasteiger partial charge on any atom is -0.454 e. The normalized spacial score (nSPS) is 18.4. The number of hydrogen-bond donors (Lipinski definition) is 2. The van der Waals surface area contributed by atoms with E-state index in [4.69, 9.17) is 9.47 Å². The highest BCUT2D eigenvalue weighted by molar-refractivity contribution is 5.76. The van der Waals surface area contributed by atoms with E-state index < -0.39 is 0 Å². The van der Waals surface area contributed by atoms with Crippen molar-refractivity contribution >= 4 is 5.91 Å². The number of hydrogen-bond acceptors (Lipinski definition) is 4. The molecule has 1 amide bonds. The van der Waals surface area contributed by atoms with E-state index in [1.54, 1.807) is 0 Å². The molecule has 1 heterocycles. The lowest BCUT2D eigenvalue weighted by molar-refractivity contribution is -0.121. The average molecular weight is 332 g/mol. The van der Waals surface area contributed by atoms with Crippen LogP contribution in [0.25, 0.3) is 0 Å². The summed E-state index contributed by atoms with van der Waals surface area (Å²) in [7, 11) is 1.91. The molecule has 1 fully saturated rings. The Kier molecular flexibility index (Phi) is 5.61. The second kappa shape index (κ2) is 7.88. The first-order chi connectivity index (χ1) is 11.7. The van der Waals surface area contributed by atoms with Gasteiger partial charge in [0.25, 0.3) is 0 Å². The second-order valence-electron chi connectivity index (χ2n) is 6.89. The van der Waals surface area contributed by atoms with E-state index in [9.17, 15) is 4.79 Å². The maximum absolute atomic E-state index is 12.1. The molecule has 1 aliphatic carbocycles. The molecule has 2 N–H and O–H groups in total. The summed E-state index contributed by atoms with van der Waals surface area (Å²) in [6, 6.07) is 6.26. The Morgan fingerprint density at radius 2 is 1.96 bits per heavy atom. The Balaban J connectivity index is 1.69. The molecule has 0 spiro atoms. The quantitative estimate of drug-likeness (QED) is 0.754. The first-order valence-electron chi connectivity index (χ1n) is 9.05. The van der Waals surface area contributed by atoms with Crippen molar-refractivity contribution < 1.29 is 14.3 Å². The number of amides is 1. The Bertz CT molecular complexity index is 568. The molecule has 0 aromatic heterocycles. The lowest BCUT2D eigenvalue weighted by Gasteiger charge is -2.38. The molecule has 3 rings (SSSR count). The molecule has 5 nitrogen and oxygen atoms in total. The second-order valence-corrected chi connectivity index (χ2v) is 6.89. The van der Waals surface area contributed by atoms with Gasteiger partial charge in [0.15, 0.2) is 11.5 Å². The van der Waals surface area contributed by atoms with Crippen LogP contribution in [0.5, 0.6) is 11.5 Å². The van der Waals surface area contributed by atoms with Gasteiger partial charge in [0.1, 0.15) is 0 Å². The molecule has 1 saturated carbocycles. The van der Waals surface area contributed by atoms with E-state index in [-0.39, 0.29) is 11.3 Å². The van der Waals surface area contributed by atoms with Crippen molar-refractivity contribution in [2.45, 2.75) is 50.4 Å². The number of nitrogens with one attached hydrogen (secondary N) is 2. The van der Waals surface area contributed by atoms with Crippen molar-refractivity contribution in [3.8, 4) is 11.5 Å². The van der Waals surface area contributed by atoms with E-state index in [2.05, 4.69) is 22.8 Å². The van der Waals surface area contributed by atoms with Gasteiger partial charge in [0.05, 0.1) is 0 Å². The minimum absolute atomic E-state index is 0.0257. The van der Waals surface area contributed by atoms with Gasteiger partial charge in [-0.2, -0.15) is 0 Å². The Hall–Kier alpha value is -1.75. The third-order valence-electron chi connectivity index (χ3n) is 5.25. The fraction of sp³-hybridized carbons (Fsp3) is 0.632. The molecule has 1 aromatic rings. The van der Waals surface area contributed by atoms with Crippen molar-refractivity contribution in [2.24, 2.45) is 0 Å². The molecule has 0 bridgehead atoms. The smallest absolute Gasteiger partial charge is 0.231 e. The lowest BCUT2D eigenvalue weighted by atomic mass is 9.69. The molecule has 0 unspecified atom stereocenters. The number of carbonyl (C=O) groups is 1. The van der Waals surface area contributed by atoms with Gasteiger partial charge in [0, 0.05) is 18.4 Å². The highest BCUT2D eigenvalue weighted by atomic mass is 16.7. The topological polar surface area (TPSA) is 59.6 Å².